The normalized spacial score (nSPS) is 18.6. The number of pyridine rings is 1. The van der Waals surface area contributed by atoms with Gasteiger partial charge in [-0.2, -0.15) is 4.39 Å². The molecule has 0 saturated carbocycles. The van der Waals surface area contributed by atoms with Gasteiger partial charge in [0, 0.05) is 42.9 Å². The van der Waals surface area contributed by atoms with Crippen molar-refractivity contribution in [3.8, 4) is 11.4 Å². The number of fused-ring (bicyclic) bond motifs is 1. The zero-order chi connectivity index (χ0) is 24.7. The summed E-state index contributed by atoms with van der Waals surface area (Å²) < 4.78 is 16.6. The molecule has 0 bridgehead atoms. The molecule has 8 nitrogen and oxygen atoms in total. The first-order valence-electron chi connectivity index (χ1n) is 11.7. The highest BCUT2D eigenvalue weighted by Crippen LogP contribution is 2.27. The number of nitrogens with zero attached hydrogens (tertiary/aromatic N) is 6. The third-order valence-corrected chi connectivity index (χ3v) is 6.42. The molecule has 4 heterocycles. The molecule has 2 N–H and O–H groups in total. The van der Waals surface area contributed by atoms with Gasteiger partial charge in [-0.15, -0.1) is 0 Å². The lowest BCUT2D eigenvalue weighted by atomic mass is 9.90. The van der Waals surface area contributed by atoms with Crippen LogP contribution in [0.5, 0.6) is 0 Å². The summed E-state index contributed by atoms with van der Waals surface area (Å²) in [5.74, 6) is 0.0262. The van der Waals surface area contributed by atoms with Crippen LogP contribution in [0.1, 0.15) is 51.0 Å². The molecule has 0 radical (unpaired) electrons. The predicted octanol–water partition coefficient (Wildman–Crippen LogP) is 4.04. The van der Waals surface area contributed by atoms with E-state index in [0.717, 1.165) is 17.7 Å². The molecule has 1 aliphatic heterocycles. The first-order chi connectivity index (χ1) is 16.7. The van der Waals surface area contributed by atoms with Gasteiger partial charge in [-0.25, -0.2) is 19.9 Å². The van der Waals surface area contributed by atoms with Gasteiger partial charge in [0.15, 0.2) is 0 Å². The summed E-state index contributed by atoms with van der Waals surface area (Å²) in [4.78, 5) is 31.6. The van der Waals surface area contributed by atoms with E-state index >= 15 is 0 Å². The van der Waals surface area contributed by atoms with E-state index in [2.05, 4.69) is 19.9 Å². The van der Waals surface area contributed by atoms with Crippen LogP contribution in [0.4, 0.5) is 10.1 Å². The molecule has 1 fully saturated rings. The Labute approximate surface area is 203 Å². The number of aromatic nitrogens is 5. The Morgan fingerprint density at radius 2 is 1.89 bits per heavy atom. The maximum absolute atomic E-state index is 14.7. The zero-order valence-corrected chi connectivity index (χ0v) is 20.1. The van der Waals surface area contributed by atoms with Gasteiger partial charge in [0.2, 0.25) is 11.9 Å². The van der Waals surface area contributed by atoms with Crippen LogP contribution in [0, 0.1) is 5.95 Å². The van der Waals surface area contributed by atoms with Gasteiger partial charge < -0.3 is 15.2 Å². The van der Waals surface area contributed by atoms with Crippen LogP contribution in [0.3, 0.4) is 0 Å². The third kappa shape index (κ3) is 4.64. The third-order valence-electron chi connectivity index (χ3n) is 6.42. The number of carbonyl (C=O) groups excluding carboxylic acids is 1. The van der Waals surface area contributed by atoms with Gasteiger partial charge in [-0.1, -0.05) is 12.1 Å². The highest BCUT2D eigenvalue weighted by atomic mass is 19.1. The van der Waals surface area contributed by atoms with Crippen LogP contribution >= 0.6 is 0 Å². The van der Waals surface area contributed by atoms with Crippen LogP contribution in [0.2, 0.25) is 0 Å². The first-order valence-corrected chi connectivity index (χ1v) is 11.7. The number of carbonyl (C=O) groups is 1. The minimum Gasteiger partial charge on any atom is -0.328 e. The smallest absolute Gasteiger partial charge is 0.241 e. The van der Waals surface area contributed by atoms with Crippen LogP contribution in [0.15, 0.2) is 48.9 Å². The molecule has 5 rings (SSSR count). The van der Waals surface area contributed by atoms with Crippen molar-refractivity contribution >= 4 is 22.6 Å². The van der Waals surface area contributed by atoms with Crippen LogP contribution < -0.4 is 10.6 Å². The summed E-state index contributed by atoms with van der Waals surface area (Å²) in [6.45, 7) is 6.56. The second-order valence-corrected chi connectivity index (χ2v) is 9.74. The standard InChI is InChI=1S/C26H28FN7O/c1-16(2)34-15-30-24-21(34)13-20(32-25(24)27)19-8-10-29-22(31-19)12-17-4-6-18(7-5-17)33-11-9-26(3,28)14-23(33)35/h4-8,10,13,15-16H,9,11-12,14,28H2,1-3H3. The zero-order valence-electron chi connectivity index (χ0n) is 20.1. The number of imidazole rings is 1. The Morgan fingerprint density at radius 3 is 2.60 bits per heavy atom. The molecule has 180 valence electrons. The lowest BCUT2D eigenvalue weighted by Crippen LogP contribution is -2.51. The van der Waals surface area contributed by atoms with Crippen LogP contribution in [0.25, 0.3) is 22.4 Å². The molecular weight excluding hydrogens is 445 g/mol. The number of benzene rings is 1. The molecule has 9 heteroatoms. The second kappa shape index (κ2) is 8.81. The second-order valence-electron chi connectivity index (χ2n) is 9.74. The maximum Gasteiger partial charge on any atom is 0.241 e. The Morgan fingerprint density at radius 1 is 1.11 bits per heavy atom. The molecule has 1 atom stereocenters. The van der Waals surface area contributed by atoms with Gasteiger partial charge in [0.05, 0.1) is 23.2 Å². The SMILES string of the molecule is CC(C)n1cnc2c(F)nc(-c3ccnc(Cc4ccc(N5CCC(C)(N)CC5=O)cc4)n3)cc21. The Bertz CT molecular complexity index is 1390. The Kier molecular flexibility index (Phi) is 5.80. The fraction of sp³-hybridized carbons (Fsp3) is 0.346. The summed E-state index contributed by atoms with van der Waals surface area (Å²) in [7, 11) is 0. The number of anilines is 1. The Hall–Kier alpha value is -3.72. The summed E-state index contributed by atoms with van der Waals surface area (Å²) in [6, 6.07) is 11.5. The number of hydrogen-bond acceptors (Lipinski definition) is 6. The van der Waals surface area contributed by atoms with E-state index in [1.54, 1.807) is 23.5 Å². The quantitative estimate of drug-likeness (QED) is 0.439. The van der Waals surface area contributed by atoms with Crippen molar-refractivity contribution < 1.29 is 9.18 Å². The fourth-order valence-electron chi connectivity index (χ4n) is 4.43. The number of amides is 1. The molecule has 1 aliphatic rings. The molecule has 1 amide bonds. The fourth-order valence-corrected chi connectivity index (χ4v) is 4.43. The summed E-state index contributed by atoms with van der Waals surface area (Å²) in [5, 5.41) is 0. The number of rotatable bonds is 5. The molecule has 1 saturated heterocycles. The van der Waals surface area contributed by atoms with Crippen LogP contribution in [-0.2, 0) is 11.2 Å². The predicted molar refractivity (Wildman–Crippen MR) is 132 cm³/mol. The number of halogens is 1. The summed E-state index contributed by atoms with van der Waals surface area (Å²) >= 11 is 0. The molecule has 35 heavy (non-hydrogen) atoms. The monoisotopic (exact) mass is 473 g/mol. The van der Waals surface area contributed by atoms with Crippen molar-refractivity contribution in [3.05, 3.63) is 66.3 Å². The van der Waals surface area contributed by atoms with E-state index in [9.17, 15) is 9.18 Å². The molecule has 3 aromatic heterocycles. The summed E-state index contributed by atoms with van der Waals surface area (Å²) in [5.41, 5.74) is 9.48. The highest BCUT2D eigenvalue weighted by Gasteiger charge is 2.32. The molecule has 0 aliphatic carbocycles. The maximum atomic E-state index is 14.7. The van der Waals surface area contributed by atoms with Crippen molar-refractivity contribution in [2.45, 2.75) is 51.6 Å². The van der Waals surface area contributed by atoms with E-state index in [0.29, 0.717) is 42.1 Å². The van der Waals surface area contributed by atoms with Crippen molar-refractivity contribution in [2.75, 3.05) is 11.4 Å². The minimum absolute atomic E-state index is 0.0422. The number of hydrogen-bond donors (Lipinski definition) is 1. The van der Waals surface area contributed by atoms with E-state index in [4.69, 9.17) is 5.73 Å². The van der Waals surface area contributed by atoms with Gasteiger partial charge in [0.25, 0.3) is 0 Å². The average molecular weight is 474 g/mol. The largest absolute Gasteiger partial charge is 0.328 e. The van der Waals surface area contributed by atoms with Gasteiger partial charge in [-0.05, 0) is 57.0 Å². The average Bonchev–Trinajstić information content (AvgIpc) is 3.25. The van der Waals surface area contributed by atoms with Gasteiger partial charge in [0.1, 0.15) is 11.3 Å². The van der Waals surface area contributed by atoms with Crippen LogP contribution in [-0.4, -0.2) is 42.5 Å². The number of nitrogens with two attached hydrogens (primary N) is 1. The number of piperidine rings is 1. The first kappa shape index (κ1) is 23.0. The van der Waals surface area contributed by atoms with Crippen molar-refractivity contribution in [2.24, 2.45) is 5.73 Å². The van der Waals surface area contributed by atoms with E-state index in [-0.39, 0.29) is 17.5 Å². The molecule has 1 aromatic carbocycles. The van der Waals surface area contributed by atoms with Gasteiger partial charge in [-0.3, -0.25) is 4.79 Å². The Balaban J connectivity index is 1.37. The van der Waals surface area contributed by atoms with Gasteiger partial charge >= 0.3 is 0 Å². The highest BCUT2D eigenvalue weighted by molar-refractivity contribution is 5.95. The molecular formula is C26H28FN7O. The molecule has 1 unspecified atom stereocenters. The molecule has 4 aromatic rings. The van der Waals surface area contributed by atoms with E-state index in [1.165, 1.54) is 0 Å². The minimum atomic E-state index is -0.616. The molecule has 0 spiro atoms. The van der Waals surface area contributed by atoms with E-state index < -0.39 is 11.5 Å². The van der Waals surface area contributed by atoms with Crippen molar-refractivity contribution in [1.82, 2.24) is 24.5 Å². The van der Waals surface area contributed by atoms with Crippen molar-refractivity contribution in [3.63, 3.8) is 0 Å². The van der Waals surface area contributed by atoms with E-state index in [1.807, 2.05) is 55.7 Å². The van der Waals surface area contributed by atoms with Crippen molar-refractivity contribution in [1.29, 1.82) is 0 Å². The lowest BCUT2D eigenvalue weighted by molar-refractivity contribution is -0.120. The topological polar surface area (TPSA) is 103 Å². The lowest BCUT2D eigenvalue weighted by Gasteiger charge is -2.36. The summed E-state index contributed by atoms with van der Waals surface area (Å²) in [6.07, 6.45) is 4.89.